The molecule has 0 saturated heterocycles. The van der Waals surface area contributed by atoms with E-state index in [9.17, 15) is 9.18 Å². The summed E-state index contributed by atoms with van der Waals surface area (Å²) in [6.07, 6.45) is 5.25. The van der Waals surface area contributed by atoms with Crippen LogP contribution >= 0.6 is 0 Å². The molecule has 2 aromatic carbocycles. The van der Waals surface area contributed by atoms with Crippen molar-refractivity contribution in [3.8, 4) is 23.0 Å². The molecule has 4 rings (SSSR count). The summed E-state index contributed by atoms with van der Waals surface area (Å²) in [5, 5.41) is 13.8. The van der Waals surface area contributed by atoms with Crippen LogP contribution in [0.15, 0.2) is 79.3 Å². The molecule has 0 saturated carbocycles. The van der Waals surface area contributed by atoms with Crippen molar-refractivity contribution in [3.05, 3.63) is 102 Å². The average molecular weight is 439 g/mol. The smallest absolute Gasteiger partial charge is 0.258 e. The van der Waals surface area contributed by atoms with Gasteiger partial charge in [-0.3, -0.25) is 9.78 Å². The van der Waals surface area contributed by atoms with Gasteiger partial charge in [0.15, 0.2) is 0 Å². The number of amides is 1. The second-order valence-electron chi connectivity index (χ2n) is 7.68. The standard InChI is InChI=1S/C26H22FN5O/c1-19-5-2-7-21(15-19)25-24(18-32(30-25)23-10-8-22(27)9-11-23)26(33)31(14-4-12-28)17-20-6-3-13-29-16-20/h2-3,5-11,13,15-16,18H,4,14,17H2,1H3. The van der Waals surface area contributed by atoms with Gasteiger partial charge in [0.1, 0.15) is 11.5 Å². The van der Waals surface area contributed by atoms with Crippen molar-refractivity contribution < 1.29 is 9.18 Å². The van der Waals surface area contributed by atoms with Crippen molar-refractivity contribution in [2.24, 2.45) is 0 Å². The van der Waals surface area contributed by atoms with Gasteiger partial charge in [-0.25, -0.2) is 9.07 Å². The number of pyridine rings is 1. The van der Waals surface area contributed by atoms with E-state index in [1.54, 1.807) is 40.3 Å². The minimum atomic E-state index is -0.347. The summed E-state index contributed by atoms with van der Waals surface area (Å²) in [4.78, 5) is 19.5. The zero-order chi connectivity index (χ0) is 23.2. The first-order chi connectivity index (χ1) is 16.0. The van der Waals surface area contributed by atoms with Crippen LogP contribution in [0.5, 0.6) is 0 Å². The molecule has 0 bridgehead atoms. The number of aromatic nitrogens is 3. The molecule has 0 radical (unpaired) electrons. The molecule has 4 aromatic rings. The van der Waals surface area contributed by atoms with Gasteiger partial charge in [-0.15, -0.1) is 0 Å². The molecule has 0 atom stereocenters. The second-order valence-corrected chi connectivity index (χ2v) is 7.68. The highest BCUT2D eigenvalue weighted by molar-refractivity contribution is 6.00. The van der Waals surface area contributed by atoms with E-state index in [1.165, 1.54) is 12.1 Å². The summed E-state index contributed by atoms with van der Waals surface area (Å²) in [7, 11) is 0. The van der Waals surface area contributed by atoms with Gasteiger partial charge in [-0.1, -0.05) is 29.8 Å². The fourth-order valence-corrected chi connectivity index (χ4v) is 3.58. The van der Waals surface area contributed by atoms with E-state index in [1.807, 2.05) is 43.3 Å². The molecular weight excluding hydrogens is 417 g/mol. The number of carbonyl (C=O) groups excluding carboxylic acids is 1. The lowest BCUT2D eigenvalue weighted by Crippen LogP contribution is -2.31. The van der Waals surface area contributed by atoms with Gasteiger partial charge in [0.2, 0.25) is 0 Å². The van der Waals surface area contributed by atoms with Crippen molar-refractivity contribution in [2.45, 2.75) is 19.9 Å². The van der Waals surface area contributed by atoms with Gasteiger partial charge < -0.3 is 4.90 Å². The lowest BCUT2D eigenvalue weighted by molar-refractivity contribution is 0.0747. The number of halogens is 1. The Morgan fingerprint density at radius 1 is 1.15 bits per heavy atom. The first-order valence-electron chi connectivity index (χ1n) is 10.5. The van der Waals surface area contributed by atoms with E-state index in [-0.39, 0.29) is 24.7 Å². The predicted octanol–water partition coefficient (Wildman–Crippen LogP) is 4.94. The Labute approximate surface area is 191 Å². The highest BCUT2D eigenvalue weighted by Gasteiger charge is 2.24. The van der Waals surface area contributed by atoms with Crippen molar-refractivity contribution in [1.82, 2.24) is 19.7 Å². The predicted molar refractivity (Wildman–Crippen MR) is 123 cm³/mol. The Morgan fingerprint density at radius 3 is 2.67 bits per heavy atom. The van der Waals surface area contributed by atoms with Gasteiger partial charge in [-0.2, -0.15) is 10.4 Å². The molecule has 0 aliphatic heterocycles. The summed E-state index contributed by atoms with van der Waals surface area (Å²) in [6.45, 7) is 2.58. The highest BCUT2D eigenvalue weighted by atomic mass is 19.1. The summed E-state index contributed by atoms with van der Waals surface area (Å²) >= 11 is 0. The Bertz CT molecular complexity index is 1290. The Kier molecular flexibility index (Phi) is 6.56. The summed E-state index contributed by atoms with van der Waals surface area (Å²) in [5.41, 5.74) is 4.29. The third kappa shape index (κ3) is 5.13. The molecule has 0 fully saturated rings. The summed E-state index contributed by atoms with van der Waals surface area (Å²) in [5.74, 6) is -0.584. The van der Waals surface area contributed by atoms with Crippen LogP contribution in [-0.2, 0) is 6.54 Å². The van der Waals surface area contributed by atoms with E-state index in [0.717, 1.165) is 16.7 Å². The van der Waals surface area contributed by atoms with Gasteiger partial charge in [0.25, 0.3) is 5.91 Å². The number of benzene rings is 2. The largest absolute Gasteiger partial charge is 0.333 e. The van der Waals surface area contributed by atoms with Crippen LogP contribution in [0.4, 0.5) is 4.39 Å². The van der Waals surface area contributed by atoms with Gasteiger partial charge in [0.05, 0.1) is 23.7 Å². The zero-order valence-electron chi connectivity index (χ0n) is 18.1. The zero-order valence-corrected chi connectivity index (χ0v) is 18.1. The van der Waals surface area contributed by atoms with Crippen molar-refractivity contribution >= 4 is 5.91 Å². The first kappa shape index (κ1) is 21.9. The molecule has 0 unspecified atom stereocenters. The minimum Gasteiger partial charge on any atom is -0.333 e. The molecule has 0 spiro atoms. The van der Waals surface area contributed by atoms with E-state index in [4.69, 9.17) is 5.26 Å². The summed E-state index contributed by atoms with van der Waals surface area (Å²) < 4.78 is 15.0. The molecule has 33 heavy (non-hydrogen) atoms. The maximum absolute atomic E-state index is 13.7. The third-order valence-corrected chi connectivity index (χ3v) is 5.20. The Morgan fingerprint density at radius 2 is 1.97 bits per heavy atom. The quantitative estimate of drug-likeness (QED) is 0.409. The molecule has 6 nitrogen and oxygen atoms in total. The lowest BCUT2D eigenvalue weighted by atomic mass is 10.0. The van der Waals surface area contributed by atoms with Crippen molar-refractivity contribution in [3.63, 3.8) is 0 Å². The van der Waals surface area contributed by atoms with E-state index >= 15 is 0 Å². The average Bonchev–Trinajstić information content (AvgIpc) is 3.28. The number of hydrogen-bond acceptors (Lipinski definition) is 4. The minimum absolute atomic E-state index is 0.206. The fraction of sp³-hybridized carbons (Fsp3) is 0.154. The molecule has 0 aliphatic carbocycles. The van der Waals surface area contributed by atoms with E-state index < -0.39 is 0 Å². The van der Waals surface area contributed by atoms with Gasteiger partial charge in [0, 0.05) is 37.2 Å². The fourth-order valence-electron chi connectivity index (χ4n) is 3.58. The van der Waals surface area contributed by atoms with Crippen LogP contribution < -0.4 is 0 Å². The maximum Gasteiger partial charge on any atom is 0.258 e. The summed E-state index contributed by atoms with van der Waals surface area (Å²) in [6, 6.07) is 19.5. The number of nitriles is 1. The van der Waals surface area contributed by atoms with Crippen LogP contribution in [-0.4, -0.2) is 32.1 Å². The number of aryl methyl sites for hydroxylation is 1. The van der Waals surface area contributed by atoms with E-state index in [0.29, 0.717) is 23.5 Å². The maximum atomic E-state index is 13.7. The van der Waals surface area contributed by atoms with Crippen molar-refractivity contribution in [1.29, 1.82) is 5.26 Å². The van der Waals surface area contributed by atoms with Gasteiger partial charge >= 0.3 is 0 Å². The molecule has 0 aliphatic rings. The highest BCUT2D eigenvalue weighted by Crippen LogP contribution is 2.26. The van der Waals surface area contributed by atoms with Crippen molar-refractivity contribution in [2.75, 3.05) is 6.54 Å². The van der Waals surface area contributed by atoms with Crippen LogP contribution in [0.3, 0.4) is 0 Å². The molecule has 7 heteroatoms. The normalized spacial score (nSPS) is 10.6. The topological polar surface area (TPSA) is 74.8 Å². The van der Waals surface area contributed by atoms with E-state index in [2.05, 4.69) is 16.2 Å². The Hall–Kier alpha value is -4.31. The number of nitrogens with zero attached hydrogens (tertiary/aromatic N) is 5. The van der Waals surface area contributed by atoms with Gasteiger partial charge in [-0.05, 0) is 48.9 Å². The molecule has 164 valence electrons. The molecular formula is C26H22FN5O. The molecule has 1 amide bonds. The second kappa shape index (κ2) is 9.88. The van der Waals surface area contributed by atoms with Crippen LogP contribution in [0.1, 0.15) is 27.9 Å². The lowest BCUT2D eigenvalue weighted by Gasteiger charge is -2.21. The SMILES string of the molecule is Cc1cccc(-c2nn(-c3ccc(F)cc3)cc2C(=O)N(CCC#N)Cc2cccnc2)c1. The third-order valence-electron chi connectivity index (χ3n) is 5.20. The number of rotatable bonds is 7. The number of hydrogen-bond donors (Lipinski definition) is 0. The monoisotopic (exact) mass is 439 g/mol. The molecule has 0 N–H and O–H groups in total. The molecule has 2 aromatic heterocycles. The van der Waals surface area contributed by atoms with Crippen LogP contribution in [0, 0.1) is 24.1 Å². The first-order valence-corrected chi connectivity index (χ1v) is 10.5. The number of carbonyl (C=O) groups is 1. The van der Waals surface area contributed by atoms with Crippen LogP contribution in [0.25, 0.3) is 16.9 Å². The molecule has 2 heterocycles. The van der Waals surface area contributed by atoms with Crippen LogP contribution in [0.2, 0.25) is 0 Å². The Balaban J connectivity index is 1.78.